The summed E-state index contributed by atoms with van der Waals surface area (Å²) in [6, 6.07) is 0. The van der Waals surface area contributed by atoms with Crippen molar-refractivity contribution in [2.24, 2.45) is 0 Å². The van der Waals surface area contributed by atoms with E-state index >= 15 is 0 Å². The van der Waals surface area contributed by atoms with Gasteiger partial charge >= 0.3 is 42.2 Å². The molecule has 0 spiro atoms. The molecular weight excluding hydrogens is 171 g/mol. The molecule has 0 atom stereocenters. The average Bonchev–Trinajstić information content (AvgIpc) is 1.37. The molecule has 0 amide bonds. The summed E-state index contributed by atoms with van der Waals surface area (Å²) in [5.74, 6) is 0. The van der Waals surface area contributed by atoms with Gasteiger partial charge in [-0.25, -0.2) is 0 Å². The summed E-state index contributed by atoms with van der Waals surface area (Å²) in [5, 5.41) is 0. The summed E-state index contributed by atoms with van der Waals surface area (Å²) < 4.78 is 2.87. The fourth-order valence-corrected chi connectivity index (χ4v) is 0. The third-order valence-electron chi connectivity index (χ3n) is 0.144. The van der Waals surface area contributed by atoms with E-state index in [2.05, 4.69) is 9.48 Å². The fraction of sp³-hybridized carbons (Fsp3) is 0. The van der Waals surface area contributed by atoms with Crippen LogP contribution in [0.25, 0.3) is 0 Å². The molecule has 0 saturated carbocycles. The first-order chi connectivity index (χ1) is 1.91. The molecule has 0 aliphatic heterocycles. The molecule has 0 aliphatic carbocycles. The third-order valence-corrected chi connectivity index (χ3v) is 2.90. The van der Waals surface area contributed by atoms with E-state index in [0.29, 0.717) is 0 Å². The molecule has 4 heavy (non-hydrogen) atoms. The van der Waals surface area contributed by atoms with Crippen molar-refractivity contribution < 1.29 is 0 Å². The maximum atomic E-state index is 2.88. The van der Waals surface area contributed by atoms with Crippen molar-refractivity contribution in [2.45, 2.75) is 0 Å². The molecule has 0 heterocycles. The first kappa shape index (κ1) is 4.58. The molecule has 0 aromatic rings. The van der Waals surface area contributed by atoms with E-state index in [4.69, 9.17) is 0 Å². The number of rotatable bonds is 0. The topological polar surface area (TPSA) is 0 Å². The normalized spacial score (nSPS) is 4.25. The Morgan fingerprint density at radius 1 is 1.75 bits per heavy atom. The first-order valence-electron chi connectivity index (χ1n) is 1.04. The summed E-state index contributed by atoms with van der Waals surface area (Å²) in [6.07, 6.45) is 0. The van der Waals surface area contributed by atoms with Gasteiger partial charge in [-0.15, -0.1) is 0 Å². The summed E-state index contributed by atoms with van der Waals surface area (Å²) in [5.41, 5.74) is 2.88. The zero-order chi connectivity index (χ0) is 3.41. The number of hydrogen-bond acceptors (Lipinski definition) is 0. The first-order valence-corrected chi connectivity index (χ1v) is 3.69. The molecule has 0 fully saturated rings. The average molecular weight is 175 g/mol. The molecule has 0 nitrogen and oxygen atoms in total. The zero-order valence-electron chi connectivity index (χ0n) is 2.58. The van der Waals surface area contributed by atoms with Crippen LogP contribution in [0.1, 0.15) is 0 Å². The van der Waals surface area contributed by atoms with E-state index in [1.165, 1.54) is 0 Å². The van der Waals surface area contributed by atoms with Crippen molar-refractivity contribution >= 4 is 32.8 Å². The van der Waals surface area contributed by atoms with Gasteiger partial charge in [-0.3, -0.25) is 0 Å². The van der Waals surface area contributed by atoms with Crippen LogP contribution < -0.4 is 0 Å². The van der Waals surface area contributed by atoms with Crippen LogP contribution in [0.2, 0.25) is 0 Å². The van der Waals surface area contributed by atoms with Gasteiger partial charge in [0.05, 0.1) is 0 Å². The maximum absolute atomic E-state index is 2.88. The summed E-state index contributed by atoms with van der Waals surface area (Å²) in [6.45, 7) is 0. The zero-order valence-corrected chi connectivity index (χ0v) is 7.87. The van der Waals surface area contributed by atoms with E-state index in [-0.39, 0.29) is 0 Å². The molecule has 0 aromatic carbocycles. The second-order valence-electron chi connectivity index (χ2n) is 0.394. The van der Waals surface area contributed by atoms with Gasteiger partial charge in [-0.05, 0) is 0 Å². The standard InChI is InChI=1S/C2H3Si.Sn.H/c1-2-3;;/h3H3;;. The van der Waals surface area contributed by atoms with E-state index in [1.807, 2.05) is 0 Å². The number of hydrogen-bond donors (Lipinski definition) is 0. The molecule has 0 saturated heterocycles. The molecular formula is C2H4SiSn. The van der Waals surface area contributed by atoms with Crippen LogP contribution in [0.3, 0.4) is 0 Å². The van der Waals surface area contributed by atoms with Crippen molar-refractivity contribution in [3.05, 3.63) is 0 Å². The minimum absolute atomic E-state index is 1.06. The van der Waals surface area contributed by atoms with Gasteiger partial charge in [-0.1, -0.05) is 0 Å². The second kappa shape index (κ2) is 3.58. The third kappa shape index (κ3) is 2.58. The van der Waals surface area contributed by atoms with Gasteiger partial charge in [0.25, 0.3) is 0 Å². The van der Waals surface area contributed by atoms with E-state index < -0.39 is 0 Å². The molecule has 0 aliphatic rings. The monoisotopic (exact) mass is 176 g/mol. The Balaban J connectivity index is 2.83. The molecule has 20 valence electrons. The van der Waals surface area contributed by atoms with Crippen LogP contribution in [0.15, 0.2) is 0 Å². The van der Waals surface area contributed by atoms with Crippen LogP contribution in [0, 0.1) is 9.48 Å². The van der Waals surface area contributed by atoms with Gasteiger partial charge in [0, 0.05) is 0 Å². The molecule has 0 bridgehead atoms. The van der Waals surface area contributed by atoms with Gasteiger partial charge in [0.15, 0.2) is 0 Å². The molecule has 2 heteroatoms. The van der Waals surface area contributed by atoms with E-state index in [9.17, 15) is 0 Å². The van der Waals surface area contributed by atoms with Crippen LogP contribution >= 0.6 is 0 Å². The summed E-state index contributed by atoms with van der Waals surface area (Å²) in [7, 11) is 1.06. The Morgan fingerprint density at radius 3 is 2.00 bits per heavy atom. The quantitative estimate of drug-likeness (QED) is 0.300. The van der Waals surface area contributed by atoms with Crippen molar-refractivity contribution in [3.63, 3.8) is 0 Å². The molecule has 0 unspecified atom stereocenters. The Kier molecular flexibility index (Phi) is 4.09. The Bertz CT molecular complexity index is 42.8. The van der Waals surface area contributed by atoms with Crippen LogP contribution in [-0.2, 0) is 0 Å². The Morgan fingerprint density at radius 2 is 2.00 bits per heavy atom. The predicted molar refractivity (Wildman–Crippen MR) is 24.9 cm³/mol. The van der Waals surface area contributed by atoms with Gasteiger partial charge in [-0.2, -0.15) is 0 Å². The van der Waals surface area contributed by atoms with Gasteiger partial charge in [0.1, 0.15) is 0 Å². The summed E-state index contributed by atoms with van der Waals surface area (Å²) >= 11 is 1.11. The van der Waals surface area contributed by atoms with Crippen LogP contribution in [-0.4, -0.2) is 32.8 Å². The second-order valence-corrected chi connectivity index (χ2v) is 1.72. The predicted octanol–water partition coefficient (Wildman–Crippen LogP) is -1.83. The Labute approximate surface area is 42.5 Å². The van der Waals surface area contributed by atoms with E-state index in [1.54, 1.807) is 0 Å². The van der Waals surface area contributed by atoms with Crippen molar-refractivity contribution in [3.8, 4) is 9.48 Å². The molecule has 0 N–H and O–H groups in total. The van der Waals surface area contributed by atoms with Crippen LogP contribution in [0.4, 0.5) is 0 Å². The van der Waals surface area contributed by atoms with Crippen molar-refractivity contribution in [2.75, 3.05) is 0 Å². The van der Waals surface area contributed by atoms with Crippen molar-refractivity contribution in [1.82, 2.24) is 0 Å². The van der Waals surface area contributed by atoms with Gasteiger partial charge < -0.3 is 0 Å². The van der Waals surface area contributed by atoms with E-state index in [0.717, 1.165) is 32.8 Å². The molecule has 0 aromatic heterocycles. The Hall–Kier alpha value is 0.576. The molecule has 2 radical (unpaired) electrons. The fourth-order valence-electron chi connectivity index (χ4n) is 0. The van der Waals surface area contributed by atoms with Crippen molar-refractivity contribution in [1.29, 1.82) is 0 Å². The minimum atomic E-state index is 1.06. The van der Waals surface area contributed by atoms with Crippen LogP contribution in [0.5, 0.6) is 0 Å². The SMILES string of the molecule is [SiH3]C#[C][SnH]. The summed E-state index contributed by atoms with van der Waals surface area (Å²) in [4.78, 5) is 0. The molecule has 0 rings (SSSR count). The van der Waals surface area contributed by atoms with Gasteiger partial charge in [0.2, 0.25) is 0 Å².